The minimum Gasteiger partial charge on any atom is -0.465 e. The molecule has 5 heteroatoms. The second kappa shape index (κ2) is 5.89. The summed E-state index contributed by atoms with van der Waals surface area (Å²) in [5.74, 6) is -0.339. The molecule has 2 unspecified atom stereocenters. The zero-order chi connectivity index (χ0) is 13.9. The van der Waals surface area contributed by atoms with Crippen molar-refractivity contribution in [3.8, 4) is 0 Å². The van der Waals surface area contributed by atoms with E-state index in [1.165, 1.54) is 39.5 Å². The molecule has 1 aromatic rings. The van der Waals surface area contributed by atoms with E-state index in [-0.39, 0.29) is 5.97 Å². The third-order valence-corrected chi connectivity index (χ3v) is 4.40. The summed E-state index contributed by atoms with van der Waals surface area (Å²) in [6, 6.07) is 4.96. The topological polar surface area (TPSA) is 54.5 Å². The smallest absolute Gasteiger partial charge is 0.339 e. The molecule has 3 rings (SSSR count). The van der Waals surface area contributed by atoms with Gasteiger partial charge in [0.15, 0.2) is 0 Å². The fourth-order valence-corrected chi connectivity index (χ4v) is 3.32. The van der Waals surface area contributed by atoms with Gasteiger partial charge in [-0.1, -0.05) is 0 Å². The van der Waals surface area contributed by atoms with Crippen molar-refractivity contribution >= 4 is 5.97 Å². The number of carbonyl (C=O) groups excluding carboxylic acids is 1. The summed E-state index contributed by atoms with van der Waals surface area (Å²) >= 11 is 0. The second-order valence-corrected chi connectivity index (χ2v) is 5.55. The Morgan fingerprint density at radius 1 is 1.45 bits per heavy atom. The fourth-order valence-electron chi connectivity index (χ4n) is 3.32. The minimum absolute atomic E-state index is 0.339. The van der Waals surface area contributed by atoms with E-state index in [2.05, 4.69) is 19.9 Å². The predicted molar refractivity (Wildman–Crippen MR) is 75.4 cm³/mol. The summed E-state index contributed by atoms with van der Waals surface area (Å²) in [5.41, 5.74) is 1.47. The maximum atomic E-state index is 11.3. The van der Waals surface area contributed by atoms with Gasteiger partial charge in [0.2, 0.25) is 0 Å². The molecule has 0 amide bonds. The highest BCUT2D eigenvalue weighted by Crippen LogP contribution is 2.27. The Morgan fingerprint density at radius 3 is 3.10 bits per heavy atom. The van der Waals surface area contributed by atoms with Crippen molar-refractivity contribution in [1.82, 2.24) is 15.2 Å². The Balaban J connectivity index is 1.54. The number of aromatic nitrogens is 1. The summed E-state index contributed by atoms with van der Waals surface area (Å²) < 4.78 is 4.66. The third kappa shape index (κ3) is 2.69. The van der Waals surface area contributed by atoms with Gasteiger partial charge in [0.1, 0.15) is 0 Å². The predicted octanol–water partition coefficient (Wildman–Crippen LogP) is 1.19. The average Bonchev–Trinajstić information content (AvgIpc) is 3.08. The first-order chi connectivity index (χ1) is 9.78. The lowest BCUT2D eigenvalue weighted by atomic mass is 10.1. The molecule has 0 radical (unpaired) electrons. The molecule has 0 spiro atoms. The van der Waals surface area contributed by atoms with Crippen LogP contribution in [-0.2, 0) is 11.3 Å². The van der Waals surface area contributed by atoms with Crippen LogP contribution in [0.2, 0.25) is 0 Å². The van der Waals surface area contributed by atoms with Crippen molar-refractivity contribution in [2.75, 3.05) is 20.2 Å². The van der Waals surface area contributed by atoms with Crippen LogP contribution in [0.3, 0.4) is 0 Å². The molecule has 2 saturated heterocycles. The number of pyridine rings is 1. The normalized spacial score (nSPS) is 25.6. The Labute approximate surface area is 119 Å². The first kappa shape index (κ1) is 13.5. The van der Waals surface area contributed by atoms with Crippen LogP contribution in [0, 0.1) is 0 Å². The van der Waals surface area contributed by atoms with E-state index in [0.29, 0.717) is 17.6 Å². The van der Waals surface area contributed by atoms with Gasteiger partial charge >= 0.3 is 5.97 Å². The van der Waals surface area contributed by atoms with E-state index in [4.69, 9.17) is 0 Å². The van der Waals surface area contributed by atoms with E-state index in [1.54, 1.807) is 12.3 Å². The highest BCUT2D eigenvalue weighted by Gasteiger charge is 2.36. The van der Waals surface area contributed by atoms with E-state index in [1.807, 2.05) is 6.07 Å². The molecule has 1 N–H and O–H groups in total. The van der Waals surface area contributed by atoms with Gasteiger partial charge in [-0.3, -0.25) is 9.88 Å². The first-order valence-electron chi connectivity index (χ1n) is 7.28. The molecule has 0 aromatic carbocycles. The van der Waals surface area contributed by atoms with E-state index >= 15 is 0 Å². The third-order valence-electron chi connectivity index (χ3n) is 4.40. The van der Waals surface area contributed by atoms with Crippen LogP contribution in [0.5, 0.6) is 0 Å². The Hall–Kier alpha value is -1.46. The number of hydrogen-bond donors (Lipinski definition) is 1. The van der Waals surface area contributed by atoms with Crippen LogP contribution in [0.1, 0.15) is 35.3 Å². The summed E-state index contributed by atoms with van der Waals surface area (Å²) in [4.78, 5) is 18.2. The van der Waals surface area contributed by atoms with Crippen LogP contribution in [-0.4, -0.2) is 48.1 Å². The molecule has 1 aromatic heterocycles. The zero-order valence-electron chi connectivity index (χ0n) is 11.8. The number of hydrogen-bond acceptors (Lipinski definition) is 5. The van der Waals surface area contributed by atoms with E-state index < -0.39 is 0 Å². The molecule has 2 aliphatic heterocycles. The Kier molecular flexibility index (Phi) is 3.98. The van der Waals surface area contributed by atoms with Gasteiger partial charge in [0, 0.05) is 31.4 Å². The standard InChI is InChI=1S/C15H21N3O2/c1-20-15(19)11-4-5-12(16-9-11)10-17-13-6-8-18-7-2-3-14(13)18/h4-5,9,13-14,17H,2-3,6-8,10H2,1H3. The average molecular weight is 275 g/mol. The van der Waals surface area contributed by atoms with E-state index in [0.717, 1.165) is 12.2 Å². The molecular weight excluding hydrogens is 254 g/mol. The molecule has 2 fully saturated rings. The first-order valence-corrected chi connectivity index (χ1v) is 7.28. The number of esters is 1. The summed E-state index contributed by atoms with van der Waals surface area (Å²) in [7, 11) is 1.38. The van der Waals surface area contributed by atoms with Gasteiger partial charge in [-0.25, -0.2) is 4.79 Å². The highest BCUT2D eigenvalue weighted by atomic mass is 16.5. The minimum atomic E-state index is -0.339. The summed E-state index contributed by atoms with van der Waals surface area (Å²) in [6.45, 7) is 3.24. The zero-order valence-corrected chi connectivity index (χ0v) is 11.8. The lowest BCUT2D eigenvalue weighted by Crippen LogP contribution is -2.38. The van der Waals surface area contributed by atoms with Gasteiger partial charge in [-0.05, 0) is 37.9 Å². The largest absolute Gasteiger partial charge is 0.465 e. The molecule has 0 aliphatic carbocycles. The van der Waals surface area contributed by atoms with E-state index in [9.17, 15) is 4.79 Å². The van der Waals surface area contributed by atoms with Crippen LogP contribution < -0.4 is 5.32 Å². The van der Waals surface area contributed by atoms with Gasteiger partial charge in [-0.15, -0.1) is 0 Å². The molecule has 0 bridgehead atoms. The van der Waals surface area contributed by atoms with Crippen LogP contribution in [0.4, 0.5) is 0 Å². The van der Waals surface area contributed by atoms with Crippen molar-refractivity contribution in [3.05, 3.63) is 29.6 Å². The van der Waals surface area contributed by atoms with Crippen molar-refractivity contribution in [2.24, 2.45) is 0 Å². The lowest BCUT2D eigenvalue weighted by molar-refractivity contribution is 0.0600. The highest BCUT2D eigenvalue weighted by molar-refractivity contribution is 5.88. The number of methoxy groups -OCH3 is 1. The SMILES string of the molecule is COC(=O)c1ccc(CNC2CCN3CCCC23)nc1. The number of ether oxygens (including phenoxy) is 1. The van der Waals surface area contributed by atoms with Gasteiger partial charge in [-0.2, -0.15) is 0 Å². The molecule has 20 heavy (non-hydrogen) atoms. The van der Waals surface area contributed by atoms with Gasteiger partial charge in [0.25, 0.3) is 0 Å². The summed E-state index contributed by atoms with van der Waals surface area (Å²) in [5, 5.41) is 3.61. The number of carbonyl (C=O) groups is 1. The lowest BCUT2D eigenvalue weighted by Gasteiger charge is -2.21. The fraction of sp³-hybridized carbons (Fsp3) is 0.600. The Bertz CT molecular complexity index is 475. The number of nitrogens with zero attached hydrogens (tertiary/aromatic N) is 2. The van der Waals surface area contributed by atoms with Crippen molar-refractivity contribution < 1.29 is 9.53 Å². The molecule has 0 saturated carbocycles. The monoisotopic (exact) mass is 275 g/mol. The molecule has 2 atom stereocenters. The maximum Gasteiger partial charge on any atom is 0.339 e. The molecular formula is C15H21N3O2. The van der Waals surface area contributed by atoms with Crippen molar-refractivity contribution in [1.29, 1.82) is 0 Å². The van der Waals surface area contributed by atoms with Crippen LogP contribution in [0.15, 0.2) is 18.3 Å². The quantitative estimate of drug-likeness (QED) is 0.837. The molecule has 108 valence electrons. The maximum absolute atomic E-state index is 11.3. The second-order valence-electron chi connectivity index (χ2n) is 5.55. The Morgan fingerprint density at radius 2 is 2.35 bits per heavy atom. The number of fused-ring (bicyclic) bond motifs is 1. The summed E-state index contributed by atoms with van der Waals surface area (Å²) in [6.07, 6.45) is 5.45. The number of nitrogens with one attached hydrogen (secondary N) is 1. The van der Waals surface area contributed by atoms with Crippen molar-refractivity contribution in [2.45, 2.75) is 37.9 Å². The molecule has 2 aliphatic rings. The van der Waals surface area contributed by atoms with Gasteiger partial charge in [0.05, 0.1) is 18.4 Å². The number of rotatable bonds is 4. The van der Waals surface area contributed by atoms with Gasteiger partial charge < -0.3 is 10.1 Å². The van der Waals surface area contributed by atoms with Crippen LogP contribution in [0.25, 0.3) is 0 Å². The van der Waals surface area contributed by atoms with Crippen molar-refractivity contribution in [3.63, 3.8) is 0 Å². The van der Waals surface area contributed by atoms with Crippen LogP contribution >= 0.6 is 0 Å². The molecule has 5 nitrogen and oxygen atoms in total. The molecule has 3 heterocycles.